The molecule has 0 aromatic heterocycles. The van der Waals surface area contributed by atoms with Crippen LogP contribution < -0.4 is 10.2 Å². The molecule has 43 heavy (non-hydrogen) atoms. The van der Waals surface area contributed by atoms with Gasteiger partial charge < -0.3 is 10.2 Å². The summed E-state index contributed by atoms with van der Waals surface area (Å²) in [4.78, 5) is 12.2. The fourth-order valence-corrected chi connectivity index (χ4v) is 4.11. The average Bonchev–Trinajstić information content (AvgIpc) is 3.78. The summed E-state index contributed by atoms with van der Waals surface area (Å²) < 4.78 is 0. The van der Waals surface area contributed by atoms with E-state index in [1.54, 1.807) is 12.2 Å². The van der Waals surface area contributed by atoms with E-state index >= 15 is 0 Å². The zero-order chi connectivity index (χ0) is 29.4. The number of benzene rings is 3. The number of hydrogen-bond donors (Lipinski definition) is 0. The van der Waals surface area contributed by atoms with Gasteiger partial charge in [-0.3, -0.25) is 4.79 Å². The van der Waals surface area contributed by atoms with Crippen LogP contribution in [0.25, 0.3) is 0 Å². The zero-order valence-corrected chi connectivity index (χ0v) is 24.7. The molecule has 0 atom stereocenters. The minimum absolute atomic E-state index is 0. The monoisotopic (exact) mass is 602 g/mol. The fourth-order valence-electron chi connectivity index (χ4n) is 4.11. The van der Waals surface area contributed by atoms with E-state index < -0.39 is 0 Å². The number of allylic oxidation sites excluding steroid dienone is 12. The standard InChI is InChI=1S/C25H22O2.C14H10O.Fe/c26-24(22-11-5-6-12-22)13-7-4-10-21-14-17-23(18-15-21)25(27)19-16-20-8-2-1-3-9-20;15-14(13-8-4-5-9-13)11-10-12-6-2-1-3-7-12;/h1-3,5-6,8-9,11-12,14-15,17-18,26H,4,7,10,13H2;1-9,15H;/q;;+2/p-2. The third kappa shape index (κ3) is 11.1. The number of rotatable bonds is 6. The summed E-state index contributed by atoms with van der Waals surface area (Å²) in [6.07, 6.45) is 18.0. The van der Waals surface area contributed by atoms with Gasteiger partial charge in [-0.05, 0) is 71.9 Å². The predicted octanol–water partition coefficient (Wildman–Crippen LogP) is 6.15. The van der Waals surface area contributed by atoms with Crippen LogP contribution in [-0.2, 0) is 23.5 Å². The average molecular weight is 603 g/mol. The molecule has 2 aliphatic carbocycles. The van der Waals surface area contributed by atoms with Crippen LogP contribution in [0.3, 0.4) is 0 Å². The van der Waals surface area contributed by atoms with Crippen molar-refractivity contribution in [2.24, 2.45) is 0 Å². The zero-order valence-electron chi connectivity index (χ0n) is 23.6. The van der Waals surface area contributed by atoms with Crippen LogP contribution in [0.2, 0.25) is 0 Å². The number of carbonyl (C=O) groups excluding carboxylic acids is 1. The first-order chi connectivity index (χ1) is 20.6. The first-order valence-electron chi connectivity index (χ1n) is 13.9. The number of unbranched alkanes of at least 4 members (excludes halogenated alkanes) is 1. The van der Waals surface area contributed by atoms with Crippen molar-refractivity contribution in [3.63, 3.8) is 0 Å². The third-order valence-electron chi connectivity index (χ3n) is 6.43. The van der Waals surface area contributed by atoms with Gasteiger partial charge in [0.2, 0.25) is 5.78 Å². The second-order valence-electron chi connectivity index (χ2n) is 9.56. The Morgan fingerprint density at radius 3 is 1.67 bits per heavy atom. The second kappa shape index (κ2) is 17.7. The normalized spacial score (nSPS) is 11.8. The summed E-state index contributed by atoms with van der Waals surface area (Å²) in [5.41, 5.74) is 4.92. The molecule has 0 unspecified atom stereocenters. The second-order valence-corrected chi connectivity index (χ2v) is 9.56. The van der Waals surface area contributed by atoms with Gasteiger partial charge in [0.25, 0.3) is 0 Å². The van der Waals surface area contributed by atoms with Gasteiger partial charge in [-0.15, -0.1) is 5.76 Å². The number of hydrogen-bond acceptors (Lipinski definition) is 3. The molecule has 0 bridgehead atoms. The predicted molar refractivity (Wildman–Crippen MR) is 166 cm³/mol. The van der Waals surface area contributed by atoms with Crippen LogP contribution in [0, 0.1) is 23.7 Å². The molecule has 5 rings (SSSR count). The molecule has 0 saturated heterocycles. The van der Waals surface area contributed by atoms with Crippen molar-refractivity contribution < 1.29 is 32.1 Å². The van der Waals surface area contributed by atoms with Crippen molar-refractivity contribution in [3.05, 3.63) is 178 Å². The Morgan fingerprint density at radius 2 is 1.12 bits per heavy atom. The minimum atomic E-state index is -0.175. The van der Waals surface area contributed by atoms with E-state index in [4.69, 9.17) is 0 Å². The number of aryl methyl sites for hydroxylation is 1. The Morgan fingerprint density at radius 1 is 0.605 bits per heavy atom. The van der Waals surface area contributed by atoms with Crippen LogP contribution in [0.5, 0.6) is 0 Å². The van der Waals surface area contributed by atoms with Crippen LogP contribution >= 0.6 is 0 Å². The van der Waals surface area contributed by atoms with Gasteiger partial charge in [0.15, 0.2) is 0 Å². The van der Waals surface area contributed by atoms with E-state index in [9.17, 15) is 15.0 Å². The Labute approximate surface area is 264 Å². The maximum absolute atomic E-state index is 12.2. The van der Waals surface area contributed by atoms with E-state index in [-0.39, 0.29) is 34.4 Å². The van der Waals surface area contributed by atoms with E-state index in [1.807, 2.05) is 121 Å². The molecule has 0 N–H and O–H groups in total. The van der Waals surface area contributed by atoms with Crippen LogP contribution in [0.15, 0.2) is 156 Å². The Balaban J connectivity index is 0.000000268. The Kier molecular flexibility index (Phi) is 13.4. The number of Topliss-reactive ketones (excluding diaryl/α,β-unsaturated/α-hetero) is 1. The molecule has 3 aromatic carbocycles. The summed E-state index contributed by atoms with van der Waals surface area (Å²) in [5.74, 6) is 10.9. The quantitative estimate of drug-likeness (QED) is 0.112. The molecule has 2 aliphatic rings. The van der Waals surface area contributed by atoms with E-state index in [0.717, 1.165) is 36.0 Å². The summed E-state index contributed by atoms with van der Waals surface area (Å²) >= 11 is 0. The van der Waals surface area contributed by atoms with Gasteiger partial charge >= 0.3 is 17.1 Å². The number of carbonyl (C=O) groups is 1. The molecule has 0 spiro atoms. The van der Waals surface area contributed by atoms with Gasteiger partial charge in [0.05, 0.1) is 0 Å². The van der Waals surface area contributed by atoms with Gasteiger partial charge in [0, 0.05) is 16.7 Å². The fraction of sp³-hybridized carbons (Fsp3) is 0.103. The SMILES string of the molecule is O=C(C#Cc1ccccc1)c1ccc(CCCCC([O-])=C2C=CC=C2)cc1.[Fe+2].[O-]C(C#Cc1ccccc1)=C1C=CC=C1. The summed E-state index contributed by atoms with van der Waals surface area (Å²) in [7, 11) is 0. The molecule has 0 fully saturated rings. The van der Waals surface area contributed by atoms with E-state index in [2.05, 4.69) is 23.7 Å². The van der Waals surface area contributed by atoms with Crippen molar-refractivity contribution in [2.45, 2.75) is 25.7 Å². The van der Waals surface area contributed by atoms with Crippen molar-refractivity contribution in [1.29, 1.82) is 0 Å². The van der Waals surface area contributed by atoms with Crippen molar-refractivity contribution in [3.8, 4) is 23.7 Å². The van der Waals surface area contributed by atoms with Crippen LogP contribution in [0.1, 0.15) is 46.3 Å². The maximum Gasteiger partial charge on any atom is 2.00 e. The molecule has 0 heterocycles. The maximum atomic E-state index is 12.2. The van der Waals surface area contributed by atoms with Crippen molar-refractivity contribution in [2.75, 3.05) is 0 Å². The van der Waals surface area contributed by atoms with E-state index in [0.29, 0.717) is 17.6 Å². The molecule has 0 saturated carbocycles. The van der Waals surface area contributed by atoms with Crippen LogP contribution in [-0.4, -0.2) is 5.78 Å². The first-order valence-corrected chi connectivity index (χ1v) is 13.9. The van der Waals surface area contributed by atoms with Gasteiger partial charge in [-0.2, -0.15) is 0 Å². The van der Waals surface area contributed by atoms with Gasteiger partial charge in [0.1, 0.15) is 0 Å². The van der Waals surface area contributed by atoms with E-state index in [1.165, 1.54) is 5.56 Å². The molecular weight excluding hydrogens is 572 g/mol. The Bertz CT molecular complexity index is 1650. The number of ketones is 1. The molecule has 4 heteroatoms. The van der Waals surface area contributed by atoms with Crippen LogP contribution in [0.4, 0.5) is 0 Å². The minimum Gasteiger partial charge on any atom is -0.875 e. The molecule has 0 radical (unpaired) electrons. The summed E-state index contributed by atoms with van der Waals surface area (Å²) in [6.45, 7) is 0. The summed E-state index contributed by atoms with van der Waals surface area (Å²) in [6, 6.07) is 26.6. The molecule has 3 aromatic rings. The smallest absolute Gasteiger partial charge is 0.875 e. The molecule has 3 nitrogen and oxygen atoms in total. The van der Waals surface area contributed by atoms with Crippen molar-refractivity contribution in [1.82, 2.24) is 0 Å². The van der Waals surface area contributed by atoms with Gasteiger partial charge in [-0.25, -0.2) is 0 Å². The first kappa shape index (κ1) is 32.5. The molecule has 0 amide bonds. The topological polar surface area (TPSA) is 63.2 Å². The summed E-state index contributed by atoms with van der Waals surface area (Å²) in [5, 5.41) is 23.5. The molecule has 0 aliphatic heterocycles. The van der Waals surface area contributed by atoms with Gasteiger partial charge in [-0.1, -0.05) is 133 Å². The molecule has 212 valence electrons. The van der Waals surface area contributed by atoms with Crippen molar-refractivity contribution >= 4 is 5.78 Å². The Hall–Kier alpha value is -4.99. The third-order valence-corrected chi connectivity index (χ3v) is 6.43. The largest absolute Gasteiger partial charge is 2.00 e. The molecular formula is C39H30FeO3.